The van der Waals surface area contributed by atoms with Crippen LogP contribution in [0.15, 0.2) is 48.6 Å². The molecule has 1 unspecified atom stereocenters. The molecule has 3 rings (SSSR count). The highest BCUT2D eigenvalue weighted by Gasteiger charge is 2.36. The Bertz CT molecular complexity index is 1130. The van der Waals surface area contributed by atoms with E-state index in [2.05, 4.69) is 5.32 Å². The second-order valence-corrected chi connectivity index (χ2v) is 8.68. The zero-order valence-corrected chi connectivity index (χ0v) is 20.3. The quantitative estimate of drug-likeness (QED) is 0.400. The fourth-order valence-electron chi connectivity index (χ4n) is 4.14. The minimum Gasteiger partial charge on any atom is -0.507 e. The smallest absolute Gasteiger partial charge is 0.251 e. The number of hydrogen-bond donors (Lipinski definition) is 2. The van der Waals surface area contributed by atoms with Crippen molar-refractivity contribution in [2.75, 3.05) is 30.9 Å². The first-order valence-electron chi connectivity index (χ1n) is 11.2. The number of aromatic hydroxyl groups is 1. The number of phenols is 1. The number of anilines is 2. The van der Waals surface area contributed by atoms with Gasteiger partial charge in [-0.3, -0.25) is 9.59 Å². The lowest BCUT2D eigenvalue weighted by Crippen LogP contribution is -2.45. The molecule has 0 aromatic heterocycles. The zero-order valence-electron chi connectivity index (χ0n) is 20.3. The summed E-state index contributed by atoms with van der Waals surface area (Å²) < 4.78 is 0. The number of allylic oxidation sites excluding steroid dienone is 3. The number of fused-ring (bicyclic) bond motifs is 1. The molecule has 0 radical (unpaired) electrons. The summed E-state index contributed by atoms with van der Waals surface area (Å²) >= 11 is 0. The Morgan fingerprint density at radius 3 is 2.52 bits per heavy atom. The third kappa shape index (κ3) is 4.95. The zero-order chi connectivity index (χ0) is 24.3. The van der Waals surface area contributed by atoms with Crippen LogP contribution in [-0.4, -0.2) is 42.5 Å². The summed E-state index contributed by atoms with van der Waals surface area (Å²) in [4.78, 5) is 30.4. The maximum atomic E-state index is 13.7. The molecule has 2 N–H and O–H groups in total. The number of phenolic OH excluding ortho intramolecular Hbond substituents is 1. The number of hydrogen-bond acceptors (Lipinski definition) is 4. The van der Waals surface area contributed by atoms with Crippen LogP contribution in [0.4, 0.5) is 11.4 Å². The van der Waals surface area contributed by atoms with Crippen molar-refractivity contribution in [3.05, 3.63) is 76.4 Å². The van der Waals surface area contributed by atoms with E-state index >= 15 is 0 Å². The minimum absolute atomic E-state index is 0.205. The van der Waals surface area contributed by atoms with Crippen molar-refractivity contribution in [2.45, 2.75) is 40.2 Å². The Hall–Kier alpha value is -3.54. The molecule has 2 aromatic carbocycles. The van der Waals surface area contributed by atoms with Crippen LogP contribution in [0.25, 0.3) is 0 Å². The van der Waals surface area contributed by atoms with E-state index in [9.17, 15) is 14.7 Å². The molecule has 33 heavy (non-hydrogen) atoms. The lowest BCUT2D eigenvalue weighted by atomic mass is 9.90. The van der Waals surface area contributed by atoms with E-state index < -0.39 is 6.04 Å². The Balaban J connectivity index is 2.06. The molecule has 174 valence electrons. The molecule has 6 nitrogen and oxygen atoms in total. The van der Waals surface area contributed by atoms with Crippen molar-refractivity contribution in [1.29, 1.82) is 0 Å². The van der Waals surface area contributed by atoms with E-state index in [0.717, 1.165) is 27.9 Å². The number of carbonyl (C=O) groups excluding carboxylic acids is 2. The first kappa shape index (κ1) is 24.1. The average Bonchev–Trinajstić information content (AvgIpc) is 2.79. The second-order valence-electron chi connectivity index (χ2n) is 8.68. The summed E-state index contributed by atoms with van der Waals surface area (Å²) in [5.74, 6) is -0.244. The van der Waals surface area contributed by atoms with Crippen LogP contribution >= 0.6 is 0 Å². The summed E-state index contributed by atoms with van der Waals surface area (Å²) in [6.07, 6.45) is 7.52. The number of aryl methyl sites for hydroxylation is 1. The maximum Gasteiger partial charge on any atom is 0.251 e. The highest BCUT2D eigenvalue weighted by Crippen LogP contribution is 2.35. The lowest BCUT2D eigenvalue weighted by Gasteiger charge is -2.36. The number of carbonyl (C=O) groups is 2. The molecule has 1 heterocycles. The second kappa shape index (κ2) is 9.94. The minimum atomic E-state index is -0.759. The predicted molar refractivity (Wildman–Crippen MR) is 134 cm³/mol. The Kier molecular flexibility index (Phi) is 7.26. The van der Waals surface area contributed by atoms with Crippen molar-refractivity contribution < 1.29 is 14.7 Å². The van der Waals surface area contributed by atoms with Crippen molar-refractivity contribution in [2.24, 2.45) is 0 Å². The molecule has 2 amide bonds. The number of benzene rings is 2. The van der Waals surface area contributed by atoms with E-state index in [1.165, 1.54) is 6.08 Å². The SMILES string of the molecule is CC=CC=CC(=O)N1CCc2ccc(N(C)C)cc2C1C(=O)Nc1cc(C)c(O)c(C)c1C. The van der Waals surface area contributed by atoms with Gasteiger partial charge in [-0.25, -0.2) is 0 Å². The van der Waals surface area contributed by atoms with Crippen LogP contribution in [-0.2, 0) is 16.0 Å². The van der Waals surface area contributed by atoms with Crippen LogP contribution in [0, 0.1) is 20.8 Å². The van der Waals surface area contributed by atoms with Gasteiger partial charge in [0.1, 0.15) is 11.8 Å². The van der Waals surface area contributed by atoms with Crippen molar-refractivity contribution >= 4 is 23.2 Å². The summed E-state index contributed by atoms with van der Waals surface area (Å²) in [7, 11) is 3.90. The van der Waals surface area contributed by atoms with Crippen LogP contribution in [0.2, 0.25) is 0 Å². The molecule has 0 saturated carbocycles. The highest BCUT2D eigenvalue weighted by atomic mass is 16.3. The molecular weight excluding hydrogens is 414 g/mol. The Morgan fingerprint density at radius 1 is 1.12 bits per heavy atom. The van der Waals surface area contributed by atoms with Gasteiger partial charge < -0.3 is 20.2 Å². The normalized spacial score (nSPS) is 15.7. The standard InChI is InChI=1S/C27H33N3O3/c1-7-8-9-10-24(31)30-14-13-20-11-12-21(29(5)6)16-22(20)25(30)27(33)28-23-15-17(2)26(32)19(4)18(23)3/h7-12,15-16,25,32H,13-14H2,1-6H3,(H,28,33). The predicted octanol–water partition coefficient (Wildman–Crippen LogP) is 4.58. The monoisotopic (exact) mass is 447 g/mol. The Labute approximate surface area is 196 Å². The Morgan fingerprint density at radius 2 is 1.85 bits per heavy atom. The number of nitrogens with one attached hydrogen (secondary N) is 1. The molecule has 0 fully saturated rings. The summed E-state index contributed by atoms with van der Waals surface area (Å²) in [6.45, 7) is 7.84. The molecule has 1 aliphatic heterocycles. The number of nitrogens with zero attached hydrogens (tertiary/aromatic N) is 2. The van der Waals surface area contributed by atoms with E-state index in [4.69, 9.17) is 0 Å². The molecule has 1 atom stereocenters. The number of amides is 2. The molecule has 6 heteroatoms. The van der Waals surface area contributed by atoms with Gasteiger partial charge in [0.15, 0.2) is 0 Å². The van der Waals surface area contributed by atoms with Gasteiger partial charge in [0.25, 0.3) is 5.91 Å². The first-order valence-corrected chi connectivity index (χ1v) is 11.2. The summed E-state index contributed by atoms with van der Waals surface area (Å²) in [5.41, 5.74) is 5.73. The largest absolute Gasteiger partial charge is 0.507 e. The van der Waals surface area contributed by atoms with Crippen LogP contribution in [0.3, 0.4) is 0 Å². The molecular formula is C27H33N3O3. The average molecular weight is 448 g/mol. The van der Waals surface area contributed by atoms with Gasteiger partial charge in [0.05, 0.1) is 0 Å². The van der Waals surface area contributed by atoms with Gasteiger partial charge in [-0.2, -0.15) is 0 Å². The third-order valence-corrected chi connectivity index (χ3v) is 6.26. The van der Waals surface area contributed by atoms with Crippen molar-refractivity contribution in [1.82, 2.24) is 4.90 Å². The fourth-order valence-corrected chi connectivity index (χ4v) is 4.14. The molecule has 1 aliphatic rings. The molecule has 0 bridgehead atoms. The van der Waals surface area contributed by atoms with Crippen LogP contribution in [0.1, 0.15) is 40.8 Å². The van der Waals surface area contributed by atoms with Gasteiger partial charge >= 0.3 is 0 Å². The van der Waals surface area contributed by atoms with Crippen molar-refractivity contribution in [3.8, 4) is 5.75 Å². The van der Waals surface area contributed by atoms with E-state index in [-0.39, 0.29) is 17.6 Å². The van der Waals surface area contributed by atoms with Crippen molar-refractivity contribution in [3.63, 3.8) is 0 Å². The maximum absolute atomic E-state index is 13.7. The van der Waals surface area contributed by atoms with E-state index in [1.54, 1.807) is 30.0 Å². The van der Waals surface area contributed by atoms with Crippen LogP contribution < -0.4 is 10.2 Å². The highest BCUT2D eigenvalue weighted by molar-refractivity contribution is 6.01. The molecule has 2 aromatic rings. The van der Waals surface area contributed by atoms with Crippen LogP contribution in [0.5, 0.6) is 5.75 Å². The molecule has 0 saturated heterocycles. The fraction of sp³-hybridized carbons (Fsp3) is 0.333. The lowest BCUT2D eigenvalue weighted by molar-refractivity contribution is -0.135. The topological polar surface area (TPSA) is 72.9 Å². The van der Waals surface area contributed by atoms with Gasteiger partial charge in [-0.05, 0) is 80.1 Å². The van der Waals surface area contributed by atoms with Gasteiger partial charge in [0.2, 0.25) is 5.91 Å². The number of rotatable bonds is 5. The van der Waals surface area contributed by atoms with Gasteiger partial charge in [0, 0.05) is 38.1 Å². The molecule has 0 spiro atoms. The first-order chi connectivity index (χ1) is 15.6. The third-order valence-electron chi connectivity index (χ3n) is 6.26. The molecule has 0 aliphatic carbocycles. The summed E-state index contributed by atoms with van der Waals surface area (Å²) in [6, 6.07) is 7.09. The van der Waals surface area contributed by atoms with Gasteiger partial charge in [-0.15, -0.1) is 0 Å². The van der Waals surface area contributed by atoms with Gasteiger partial charge in [-0.1, -0.05) is 24.3 Å². The van der Waals surface area contributed by atoms with E-state index in [1.807, 2.05) is 64.0 Å². The summed E-state index contributed by atoms with van der Waals surface area (Å²) in [5, 5.41) is 13.3. The van der Waals surface area contributed by atoms with E-state index in [0.29, 0.717) is 24.2 Å².